The Balaban J connectivity index is 2.44. The Morgan fingerprint density at radius 1 is 0.938 bits per heavy atom. The molecule has 1 N–H and O–H groups in total. The van der Waals surface area contributed by atoms with Crippen LogP contribution in [0, 0.1) is 9.39 Å². The van der Waals surface area contributed by atoms with E-state index in [1.54, 1.807) is 24.3 Å². The van der Waals surface area contributed by atoms with Crippen LogP contribution in [0.4, 0.5) is 4.39 Å². The van der Waals surface area contributed by atoms with Crippen molar-refractivity contribution in [2.24, 2.45) is 0 Å². The Kier molecular flexibility index (Phi) is 3.56. The van der Waals surface area contributed by atoms with Crippen LogP contribution in [-0.4, -0.2) is 5.11 Å². The monoisotopic (exact) mass is 328 g/mol. The molecule has 2 rings (SSSR count). The Hall–Kier alpha value is -0.940. The van der Waals surface area contributed by atoms with Gasteiger partial charge < -0.3 is 5.11 Å². The van der Waals surface area contributed by atoms with Crippen molar-refractivity contribution in [2.75, 3.05) is 0 Å². The minimum absolute atomic E-state index is 0.312. The van der Waals surface area contributed by atoms with Gasteiger partial charge in [0.2, 0.25) is 0 Å². The fourth-order valence-corrected chi connectivity index (χ4v) is 2.24. The third-order valence-electron chi connectivity index (χ3n) is 2.40. The van der Waals surface area contributed by atoms with Gasteiger partial charge in [-0.3, -0.25) is 0 Å². The summed E-state index contributed by atoms with van der Waals surface area (Å²) in [6, 6.07) is 13.7. The number of aliphatic hydroxyl groups excluding tert-OH is 1. The van der Waals surface area contributed by atoms with Crippen LogP contribution >= 0.6 is 22.6 Å². The van der Waals surface area contributed by atoms with Gasteiger partial charge in [0.15, 0.2) is 0 Å². The van der Waals surface area contributed by atoms with Gasteiger partial charge in [-0.15, -0.1) is 0 Å². The third-order valence-corrected chi connectivity index (χ3v) is 3.38. The van der Waals surface area contributed by atoms with Gasteiger partial charge in [-0.1, -0.05) is 36.4 Å². The predicted molar refractivity (Wildman–Crippen MR) is 69.6 cm³/mol. The number of rotatable bonds is 2. The van der Waals surface area contributed by atoms with Crippen LogP contribution < -0.4 is 0 Å². The average Bonchev–Trinajstić information content (AvgIpc) is 2.29. The summed E-state index contributed by atoms with van der Waals surface area (Å²) in [5.74, 6) is -0.380. The Labute approximate surface area is 107 Å². The fourth-order valence-electron chi connectivity index (χ4n) is 1.56. The van der Waals surface area contributed by atoms with Crippen LogP contribution in [0.15, 0.2) is 48.5 Å². The predicted octanol–water partition coefficient (Wildman–Crippen LogP) is 3.51. The molecule has 0 aromatic heterocycles. The van der Waals surface area contributed by atoms with E-state index in [2.05, 4.69) is 22.6 Å². The van der Waals surface area contributed by atoms with Crippen molar-refractivity contribution in [2.45, 2.75) is 6.10 Å². The van der Waals surface area contributed by atoms with Gasteiger partial charge in [0, 0.05) is 9.13 Å². The Morgan fingerprint density at radius 2 is 1.50 bits per heavy atom. The molecule has 0 spiro atoms. The smallest absolute Gasteiger partial charge is 0.129 e. The summed E-state index contributed by atoms with van der Waals surface area (Å²) in [5.41, 5.74) is 1.04. The quantitative estimate of drug-likeness (QED) is 0.837. The summed E-state index contributed by atoms with van der Waals surface area (Å²) in [6.45, 7) is 0. The SMILES string of the molecule is OC(c1ccccc1F)c1ccccc1I. The zero-order valence-corrected chi connectivity index (χ0v) is 10.6. The van der Waals surface area contributed by atoms with E-state index in [-0.39, 0.29) is 5.82 Å². The van der Waals surface area contributed by atoms with Gasteiger partial charge in [0.25, 0.3) is 0 Å². The summed E-state index contributed by atoms with van der Waals surface area (Å²) in [7, 11) is 0. The molecule has 0 aliphatic carbocycles. The van der Waals surface area contributed by atoms with E-state index < -0.39 is 6.10 Å². The summed E-state index contributed by atoms with van der Waals surface area (Å²) in [6.07, 6.45) is -0.908. The molecule has 0 aliphatic rings. The van der Waals surface area contributed by atoms with Gasteiger partial charge in [-0.25, -0.2) is 4.39 Å². The van der Waals surface area contributed by atoms with E-state index in [1.165, 1.54) is 6.07 Å². The fraction of sp³-hybridized carbons (Fsp3) is 0.0769. The first-order valence-corrected chi connectivity index (χ1v) is 5.95. The van der Waals surface area contributed by atoms with Gasteiger partial charge >= 0.3 is 0 Å². The van der Waals surface area contributed by atoms with Gasteiger partial charge in [-0.05, 0) is 40.3 Å². The summed E-state index contributed by atoms with van der Waals surface area (Å²) >= 11 is 2.13. The number of hydrogen-bond acceptors (Lipinski definition) is 1. The molecule has 1 atom stereocenters. The maximum Gasteiger partial charge on any atom is 0.129 e. The minimum atomic E-state index is -0.908. The lowest BCUT2D eigenvalue weighted by Gasteiger charge is -2.13. The zero-order valence-electron chi connectivity index (χ0n) is 8.40. The molecule has 0 radical (unpaired) electrons. The van der Waals surface area contributed by atoms with Crippen molar-refractivity contribution in [3.8, 4) is 0 Å². The van der Waals surface area contributed by atoms with Crippen LogP contribution in [0.2, 0.25) is 0 Å². The van der Waals surface area contributed by atoms with E-state index in [1.807, 2.05) is 18.2 Å². The second-order valence-electron chi connectivity index (χ2n) is 3.45. The number of aliphatic hydroxyl groups is 1. The maximum atomic E-state index is 13.5. The van der Waals surface area contributed by atoms with Crippen LogP contribution in [0.3, 0.4) is 0 Å². The van der Waals surface area contributed by atoms with E-state index in [0.717, 1.165) is 9.13 Å². The Morgan fingerprint density at radius 3 is 2.12 bits per heavy atom. The standard InChI is InChI=1S/C13H10FIO/c14-11-7-3-1-5-9(11)13(16)10-6-2-4-8-12(10)15/h1-8,13,16H. The largest absolute Gasteiger partial charge is 0.384 e. The van der Waals surface area contributed by atoms with E-state index in [0.29, 0.717) is 5.56 Å². The molecule has 2 aromatic rings. The first-order chi connectivity index (χ1) is 7.70. The average molecular weight is 328 g/mol. The molecular weight excluding hydrogens is 318 g/mol. The van der Waals surface area contributed by atoms with Gasteiger partial charge in [0.05, 0.1) is 0 Å². The first-order valence-electron chi connectivity index (χ1n) is 4.87. The Bertz CT molecular complexity index is 453. The topological polar surface area (TPSA) is 20.2 Å². The van der Waals surface area contributed by atoms with Crippen molar-refractivity contribution < 1.29 is 9.50 Å². The van der Waals surface area contributed by atoms with Crippen molar-refractivity contribution in [1.29, 1.82) is 0 Å². The normalized spacial score (nSPS) is 12.4. The summed E-state index contributed by atoms with van der Waals surface area (Å²) < 4.78 is 14.4. The minimum Gasteiger partial charge on any atom is -0.384 e. The van der Waals surface area contributed by atoms with E-state index >= 15 is 0 Å². The van der Waals surface area contributed by atoms with Crippen molar-refractivity contribution >= 4 is 22.6 Å². The highest BCUT2D eigenvalue weighted by molar-refractivity contribution is 14.1. The molecule has 0 bridgehead atoms. The molecule has 2 aromatic carbocycles. The van der Waals surface area contributed by atoms with Crippen LogP contribution in [0.1, 0.15) is 17.2 Å². The molecule has 0 aliphatic heterocycles. The number of benzene rings is 2. The van der Waals surface area contributed by atoms with Crippen LogP contribution in [0.25, 0.3) is 0 Å². The lowest BCUT2D eigenvalue weighted by Crippen LogP contribution is -2.04. The van der Waals surface area contributed by atoms with E-state index in [9.17, 15) is 9.50 Å². The number of halogens is 2. The van der Waals surface area contributed by atoms with E-state index in [4.69, 9.17) is 0 Å². The summed E-state index contributed by atoms with van der Waals surface area (Å²) in [5, 5.41) is 10.1. The third kappa shape index (κ3) is 2.25. The molecule has 82 valence electrons. The highest BCUT2D eigenvalue weighted by Gasteiger charge is 2.16. The lowest BCUT2D eigenvalue weighted by atomic mass is 10.0. The van der Waals surface area contributed by atoms with Crippen LogP contribution in [0.5, 0.6) is 0 Å². The molecule has 1 unspecified atom stereocenters. The molecule has 16 heavy (non-hydrogen) atoms. The van der Waals surface area contributed by atoms with Gasteiger partial charge in [0.1, 0.15) is 11.9 Å². The van der Waals surface area contributed by atoms with Gasteiger partial charge in [-0.2, -0.15) is 0 Å². The highest BCUT2D eigenvalue weighted by atomic mass is 127. The van der Waals surface area contributed by atoms with Crippen LogP contribution in [-0.2, 0) is 0 Å². The molecule has 0 amide bonds. The second kappa shape index (κ2) is 4.93. The molecule has 0 fully saturated rings. The zero-order chi connectivity index (χ0) is 11.5. The molecule has 1 nitrogen and oxygen atoms in total. The highest BCUT2D eigenvalue weighted by Crippen LogP contribution is 2.27. The molecule has 3 heteroatoms. The first kappa shape index (κ1) is 11.5. The molecule has 0 saturated carbocycles. The lowest BCUT2D eigenvalue weighted by molar-refractivity contribution is 0.214. The van der Waals surface area contributed by atoms with Crippen molar-refractivity contribution in [3.63, 3.8) is 0 Å². The van der Waals surface area contributed by atoms with Crippen molar-refractivity contribution in [3.05, 3.63) is 69.0 Å². The molecule has 0 saturated heterocycles. The molecular formula is C13H10FIO. The second-order valence-corrected chi connectivity index (χ2v) is 4.61. The summed E-state index contributed by atoms with van der Waals surface area (Å²) in [4.78, 5) is 0. The van der Waals surface area contributed by atoms with Crippen molar-refractivity contribution in [1.82, 2.24) is 0 Å². The maximum absolute atomic E-state index is 13.5. The number of hydrogen-bond donors (Lipinski definition) is 1. The molecule has 0 heterocycles.